The number of methoxy groups -OCH3 is 2. The number of aromatic hydroxyl groups is 2. The first-order valence-electron chi connectivity index (χ1n) is 14.2. The van der Waals surface area contributed by atoms with Gasteiger partial charge in [-0.15, -0.1) is 0 Å². The minimum atomic E-state index is -0.760. The van der Waals surface area contributed by atoms with Gasteiger partial charge in [-0.2, -0.15) is 0 Å². The Morgan fingerprint density at radius 3 is 2.39 bits per heavy atom. The number of benzene rings is 4. The second-order valence-corrected chi connectivity index (χ2v) is 11.2. The molecular formula is C35H28ClNO9. The van der Waals surface area contributed by atoms with Crippen LogP contribution in [0.1, 0.15) is 50.1 Å². The van der Waals surface area contributed by atoms with E-state index in [4.69, 9.17) is 30.5 Å². The maximum absolute atomic E-state index is 13.6. The summed E-state index contributed by atoms with van der Waals surface area (Å²) < 4.78 is 23.7. The number of esters is 1. The van der Waals surface area contributed by atoms with Crippen molar-refractivity contribution in [2.45, 2.75) is 25.9 Å². The first-order valence-corrected chi connectivity index (χ1v) is 14.6. The molecule has 0 spiro atoms. The van der Waals surface area contributed by atoms with Crippen LogP contribution in [0.5, 0.6) is 34.5 Å². The highest BCUT2D eigenvalue weighted by molar-refractivity contribution is 6.30. The number of halogens is 1. The van der Waals surface area contributed by atoms with Crippen molar-refractivity contribution >= 4 is 40.2 Å². The predicted octanol–water partition coefficient (Wildman–Crippen LogP) is 6.57. The maximum atomic E-state index is 13.6. The number of carbonyl (C=O) groups excluding carboxylic acids is 3. The molecule has 2 N–H and O–H groups in total. The molecule has 0 saturated heterocycles. The molecule has 234 valence electrons. The molecule has 0 bridgehead atoms. The van der Waals surface area contributed by atoms with Crippen LogP contribution in [0.3, 0.4) is 0 Å². The first kappa shape index (κ1) is 30.5. The lowest BCUT2D eigenvalue weighted by atomic mass is 9.95. The summed E-state index contributed by atoms with van der Waals surface area (Å²) in [5, 5.41) is 22.0. The Hall–Kier alpha value is -5.48. The summed E-state index contributed by atoms with van der Waals surface area (Å²) >= 11 is 6.02. The molecule has 4 aromatic carbocycles. The number of carbonyl (C=O) groups is 3. The van der Waals surface area contributed by atoms with Crippen molar-refractivity contribution in [1.82, 2.24) is 4.57 Å². The van der Waals surface area contributed by atoms with E-state index in [0.717, 1.165) is 0 Å². The van der Waals surface area contributed by atoms with Crippen LogP contribution in [0.25, 0.3) is 10.9 Å². The van der Waals surface area contributed by atoms with Crippen LogP contribution in [-0.4, -0.2) is 46.7 Å². The lowest BCUT2D eigenvalue weighted by Crippen LogP contribution is -2.21. The third kappa shape index (κ3) is 5.59. The van der Waals surface area contributed by atoms with Gasteiger partial charge < -0.3 is 29.2 Å². The monoisotopic (exact) mass is 641 g/mol. The Bertz CT molecular complexity index is 2030. The number of nitrogens with zero attached hydrogens (tertiary/aromatic N) is 1. The zero-order chi connectivity index (χ0) is 32.7. The number of Topliss-reactive ketones (excluding diaryl/α,β-unsaturated/α-hetero) is 1. The number of phenolic OH excluding ortho intramolecular Hbond substituents is 2. The molecule has 1 aliphatic heterocycles. The van der Waals surface area contributed by atoms with E-state index < -0.39 is 17.8 Å². The number of hydrogen-bond donors (Lipinski definition) is 2. The van der Waals surface area contributed by atoms with Crippen LogP contribution < -0.4 is 18.9 Å². The molecule has 46 heavy (non-hydrogen) atoms. The van der Waals surface area contributed by atoms with Crippen LogP contribution in [-0.2, 0) is 11.2 Å². The molecule has 10 nitrogen and oxygen atoms in total. The summed E-state index contributed by atoms with van der Waals surface area (Å²) in [6, 6.07) is 19.0. The van der Waals surface area contributed by atoms with E-state index in [9.17, 15) is 24.6 Å². The molecule has 6 rings (SSSR count). The largest absolute Gasteiger partial charge is 0.507 e. The summed E-state index contributed by atoms with van der Waals surface area (Å²) in [4.78, 5) is 39.9. The fourth-order valence-corrected chi connectivity index (χ4v) is 5.80. The van der Waals surface area contributed by atoms with Gasteiger partial charge in [-0.25, -0.2) is 0 Å². The zero-order valence-corrected chi connectivity index (χ0v) is 25.8. The highest BCUT2D eigenvalue weighted by Gasteiger charge is 2.32. The van der Waals surface area contributed by atoms with Crippen LogP contribution in [0.4, 0.5) is 0 Å². The van der Waals surface area contributed by atoms with Crippen molar-refractivity contribution in [1.29, 1.82) is 0 Å². The lowest BCUT2D eigenvalue weighted by Gasteiger charge is -2.26. The van der Waals surface area contributed by atoms with Crippen molar-refractivity contribution in [3.05, 3.63) is 106 Å². The van der Waals surface area contributed by atoms with Gasteiger partial charge in [-0.3, -0.25) is 19.0 Å². The summed E-state index contributed by atoms with van der Waals surface area (Å²) in [5.74, 6) is -1.06. The minimum absolute atomic E-state index is 0.0273. The number of ether oxygens (including phenoxy) is 4. The second kappa shape index (κ2) is 12.1. The van der Waals surface area contributed by atoms with Crippen LogP contribution in [0.15, 0.2) is 72.8 Å². The zero-order valence-electron chi connectivity index (χ0n) is 25.0. The van der Waals surface area contributed by atoms with E-state index in [-0.39, 0.29) is 53.1 Å². The molecule has 5 aromatic rings. The van der Waals surface area contributed by atoms with Gasteiger partial charge in [-0.05, 0) is 72.6 Å². The van der Waals surface area contributed by atoms with E-state index in [1.165, 1.54) is 37.0 Å². The Kier molecular flexibility index (Phi) is 8.06. The molecule has 1 atom stereocenters. The van der Waals surface area contributed by atoms with Crippen molar-refractivity contribution in [2.24, 2.45) is 0 Å². The van der Waals surface area contributed by atoms with Gasteiger partial charge in [0.2, 0.25) is 0 Å². The normalized spacial score (nSPS) is 14.0. The van der Waals surface area contributed by atoms with Gasteiger partial charge in [0.25, 0.3) is 5.91 Å². The standard InChI is InChI=1S/C35H28ClNO9/c1-18-24(25-13-22(43-2)9-10-26(25)37(18)35(42)19-4-7-21(36)8-5-19)16-33(41)45-23-14-28(39)34-29(40)17-31(46-32(34)15-23)20-6-11-30(44-3)27(38)12-20/h4-15,31,38-39H,16-17H2,1-3H3/t31-/m0/s1. The number of rotatable bonds is 7. The van der Waals surface area contributed by atoms with E-state index in [1.54, 1.807) is 61.5 Å². The molecule has 2 heterocycles. The van der Waals surface area contributed by atoms with Gasteiger partial charge in [-0.1, -0.05) is 17.7 Å². The van der Waals surface area contributed by atoms with Gasteiger partial charge in [0.15, 0.2) is 17.3 Å². The third-order valence-electron chi connectivity index (χ3n) is 7.94. The summed E-state index contributed by atoms with van der Waals surface area (Å²) in [6.45, 7) is 1.74. The first-order chi connectivity index (χ1) is 22.1. The molecule has 0 amide bonds. The Balaban J connectivity index is 1.29. The number of fused-ring (bicyclic) bond motifs is 2. The van der Waals surface area contributed by atoms with Gasteiger partial charge >= 0.3 is 5.97 Å². The van der Waals surface area contributed by atoms with E-state index in [1.807, 2.05) is 0 Å². The summed E-state index contributed by atoms with van der Waals surface area (Å²) in [6.07, 6.45) is -1.06. The average Bonchev–Trinajstić information content (AvgIpc) is 3.30. The molecular weight excluding hydrogens is 614 g/mol. The fourth-order valence-electron chi connectivity index (χ4n) is 5.67. The topological polar surface area (TPSA) is 134 Å². The lowest BCUT2D eigenvalue weighted by molar-refractivity contribution is -0.133. The minimum Gasteiger partial charge on any atom is -0.507 e. The smallest absolute Gasteiger partial charge is 0.315 e. The van der Waals surface area contributed by atoms with Crippen LogP contribution in [0.2, 0.25) is 5.02 Å². The van der Waals surface area contributed by atoms with Crippen molar-refractivity contribution < 1.29 is 43.5 Å². The Morgan fingerprint density at radius 1 is 0.935 bits per heavy atom. The second-order valence-electron chi connectivity index (χ2n) is 10.7. The number of aromatic nitrogens is 1. The number of phenols is 2. The van der Waals surface area contributed by atoms with E-state index in [0.29, 0.717) is 44.1 Å². The van der Waals surface area contributed by atoms with Crippen molar-refractivity contribution in [3.8, 4) is 34.5 Å². The molecule has 0 saturated carbocycles. The van der Waals surface area contributed by atoms with Gasteiger partial charge in [0, 0.05) is 33.8 Å². The maximum Gasteiger partial charge on any atom is 0.315 e. The molecule has 1 aliphatic rings. The van der Waals surface area contributed by atoms with Gasteiger partial charge in [0.05, 0.1) is 32.6 Å². The number of ketones is 1. The van der Waals surface area contributed by atoms with Crippen molar-refractivity contribution in [2.75, 3.05) is 14.2 Å². The fraction of sp³-hybridized carbons (Fsp3) is 0.171. The molecule has 0 aliphatic carbocycles. The summed E-state index contributed by atoms with van der Waals surface area (Å²) in [5.41, 5.74) is 2.57. The SMILES string of the molecule is COc1ccc2c(c1)c(CC(=O)Oc1cc(O)c3c(c1)O[C@H](c1ccc(OC)c(O)c1)CC3=O)c(C)n2C(=O)c1ccc(Cl)cc1. The molecule has 0 unspecified atom stereocenters. The predicted molar refractivity (Wildman–Crippen MR) is 169 cm³/mol. The third-order valence-corrected chi connectivity index (χ3v) is 8.19. The Labute approximate surface area is 268 Å². The highest BCUT2D eigenvalue weighted by Crippen LogP contribution is 2.43. The molecule has 11 heteroatoms. The molecule has 0 radical (unpaired) electrons. The van der Waals surface area contributed by atoms with E-state index in [2.05, 4.69) is 0 Å². The molecule has 0 fully saturated rings. The average molecular weight is 642 g/mol. The highest BCUT2D eigenvalue weighted by atomic mass is 35.5. The Morgan fingerprint density at radius 2 is 1.70 bits per heavy atom. The quantitative estimate of drug-likeness (QED) is 0.149. The van der Waals surface area contributed by atoms with E-state index >= 15 is 0 Å². The molecule has 1 aromatic heterocycles. The van der Waals surface area contributed by atoms with Crippen molar-refractivity contribution in [3.63, 3.8) is 0 Å². The number of hydrogen-bond acceptors (Lipinski definition) is 9. The van der Waals surface area contributed by atoms with Crippen LogP contribution in [0, 0.1) is 6.92 Å². The summed E-state index contributed by atoms with van der Waals surface area (Å²) in [7, 11) is 2.95. The van der Waals surface area contributed by atoms with Crippen LogP contribution >= 0.6 is 11.6 Å². The van der Waals surface area contributed by atoms with Gasteiger partial charge in [0.1, 0.15) is 34.7 Å².